The van der Waals surface area contributed by atoms with Crippen molar-refractivity contribution in [2.24, 2.45) is 5.92 Å². The van der Waals surface area contributed by atoms with E-state index in [2.05, 4.69) is 22.1 Å². The van der Waals surface area contributed by atoms with E-state index >= 15 is 0 Å². The van der Waals surface area contributed by atoms with Gasteiger partial charge in [0.1, 0.15) is 5.82 Å². The summed E-state index contributed by atoms with van der Waals surface area (Å²) in [4.78, 5) is 17.5. The van der Waals surface area contributed by atoms with Crippen molar-refractivity contribution >= 4 is 11.8 Å². The van der Waals surface area contributed by atoms with Gasteiger partial charge in [0, 0.05) is 19.3 Å². The molecule has 1 atom stereocenters. The van der Waals surface area contributed by atoms with Crippen molar-refractivity contribution in [1.82, 2.24) is 9.88 Å². The molecular weight excluding hydrogens is 242 g/mol. The van der Waals surface area contributed by atoms with Gasteiger partial charge in [0.15, 0.2) is 0 Å². The predicted molar refractivity (Wildman–Crippen MR) is 74.5 cm³/mol. The van der Waals surface area contributed by atoms with E-state index in [-0.39, 0.29) is 5.56 Å². The van der Waals surface area contributed by atoms with E-state index in [1.54, 1.807) is 6.07 Å². The summed E-state index contributed by atoms with van der Waals surface area (Å²) in [6.45, 7) is 6.51. The van der Waals surface area contributed by atoms with Gasteiger partial charge in [-0.3, -0.25) is 0 Å². The normalized spacial score (nSPS) is 17.3. The quantitative estimate of drug-likeness (QED) is 0.821. The monoisotopic (exact) mass is 263 g/mol. The van der Waals surface area contributed by atoms with Crippen molar-refractivity contribution in [1.29, 1.82) is 0 Å². The largest absolute Gasteiger partial charge is 0.478 e. The number of rotatable bonds is 6. The van der Waals surface area contributed by atoms with Gasteiger partial charge >= 0.3 is 5.97 Å². The Morgan fingerprint density at radius 3 is 2.95 bits per heavy atom. The summed E-state index contributed by atoms with van der Waals surface area (Å²) < 4.78 is 0. The first-order valence-electron chi connectivity index (χ1n) is 6.80. The lowest BCUT2D eigenvalue weighted by Crippen LogP contribution is -2.29. The van der Waals surface area contributed by atoms with Gasteiger partial charge in [0.2, 0.25) is 0 Å². The number of aromatic carboxylic acids is 1. The molecule has 0 radical (unpaired) electrons. The Bertz CT molecular complexity index is 430. The molecule has 0 saturated carbocycles. The van der Waals surface area contributed by atoms with Crippen LogP contribution in [0.15, 0.2) is 18.3 Å². The minimum absolute atomic E-state index is 0.268. The maximum Gasteiger partial charge on any atom is 0.335 e. The van der Waals surface area contributed by atoms with Crippen LogP contribution < -0.4 is 5.32 Å². The Morgan fingerprint density at radius 2 is 2.26 bits per heavy atom. The average molecular weight is 263 g/mol. The molecule has 19 heavy (non-hydrogen) atoms. The SMILES string of the molecule is CC(CNc1cc(C(=O)O)ccn1)CN1CCCC1. The van der Waals surface area contributed by atoms with Crippen molar-refractivity contribution in [2.75, 3.05) is 31.5 Å². The van der Waals surface area contributed by atoms with Crippen LogP contribution in [0, 0.1) is 5.92 Å². The molecule has 5 nitrogen and oxygen atoms in total. The number of pyridine rings is 1. The standard InChI is InChI=1S/C14H21N3O2/c1-11(10-17-6-2-3-7-17)9-16-13-8-12(14(18)19)4-5-15-13/h4-5,8,11H,2-3,6-7,9-10H2,1H3,(H,15,16)(H,18,19). The second-order valence-corrected chi connectivity index (χ2v) is 5.23. The third-order valence-corrected chi connectivity index (χ3v) is 3.41. The fraction of sp³-hybridized carbons (Fsp3) is 0.571. The van der Waals surface area contributed by atoms with Crippen LogP contribution in [0.1, 0.15) is 30.1 Å². The third-order valence-electron chi connectivity index (χ3n) is 3.41. The lowest BCUT2D eigenvalue weighted by atomic mass is 10.1. The van der Waals surface area contributed by atoms with Crippen LogP contribution in [0.4, 0.5) is 5.82 Å². The van der Waals surface area contributed by atoms with Crippen LogP contribution in [0.2, 0.25) is 0 Å². The lowest BCUT2D eigenvalue weighted by molar-refractivity contribution is 0.0697. The molecule has 1 saturated heterocycles. The average Bonchev–Trinajstić information content (AvgIpc) is 2.89. The van der Waals surface area contributed by atoms with Gasteiger partial charge in [-0.15, -0.1) is 0 Å². The molecule has 1 aromatic rings. The molecule has 0 spiro atoms. The van der Waals surface area contributed by atoms with Crippen LogP contribution >= 0.6 is 0 Å². The van der Waals surface area contributed by atoms with E-state index in [4.69, 9.17) is 5.11 Å². The van der Waals surface area contributed by atoms with E-state index < -0.39 is 5.97 Å². The smallest absolute Gasteiger partial charge is 0.335 e. The first-order chi connectivity index (χ1) is 9.15. The number of nitrogens with one attached hydrogen (secondary N) is 1. The fourth-order valence-electron chi connectivity index (χ4n) is 2.41. The summed E-state index contributed by atoms with van der Waals surface area (Å²) >= 11 is 0. The van der Waals surface area contributed by atoms with E-state index in [1.165, 1.54) is 38.2 Å². The number of carboxylic acid groups (broad SMARTS) is 1. The molecule has 104 valence electrons. The van der Waals surface area contributed by atoms with Crippen LogP contribution in [-0.4, -0.2) is 47.1 Å². The molecular formula is C14H21N3O2. The summed E-state index contributed by atoms with van der Waals surface area (Å²) in [6, 6.07) is 3.08. The Labute approximate surface area is 113 Å². The molecule has 2 rings (SSSR count). The predicted octanol–water partition coefficient (Wildman–Crippen LogP) is 1.92. The van der Waals surface area contributed by atoms with E-state index in [0.29, 0.717) is 11.7 Å². The summed E-state index contributed by atoms with van der Waals surface area (Å²) in [7, 11) is 0. The minimum atomic E-state index is -0.921. The zero-order chi connectivity index (χ0) is 13.7. The molecule has 1 aromatic heterocycles. The number of carbonyl (C=O) groups is 1. The van der Waals surface area contributed by atoms with Crippen molar-refractivity contribution in [3.05, 3.63) is 23.9 Å². The van der Waals surface area contributed by atoms with Crippen LogP contribution in [0.3, 0.4) is 0 Å². The molecule has 0 aromatic carbocycles. The molecule has 0 bridgehead atoms. The molecule has 1 fully saturated rings. The van der Waals surface area contributed by atoms with Crippen molar-refractivity contribution in [3.8, 4) is 0 Å². The van der Waals surface area contributed by atoms with E-state index in [1.807, 2.05) is 0 Å². The van der Waals surface area contributed by atoms with Gasteiger partial charge in [0.05, 0.1) is 5.56 Å². The Balaban J connectivity index is 1.80. The number of likely N-dealkylation sites (tertiary alicyclic amines) is 1. The number of nitrogens with zero attached hydrogens (tertiary/aromatic N) is 2. The molecule has 2 heterocycles. The van der Waals surface area contributed by atoms with E-state index in [9.17, 15) is 4.79 Å². The summed E-state index contributed by atoms with van der Waals surface area (Å²) in [6.07, 6.45) is 4.14. The number of aromatic nitrogens is 1. The first-order valence-corrected chi connectivity index (χ1v) is 6.80. The maximum absolute atomic E-state index is 10.9. The lowest BCUT2D eigenvalue weighted by Gasteiger charge is -2.20. The van der Waals surface area contributed by atoms with Crippen LogP contribution in [0.25, 0.3) is 0 Å². The Morgan fingerprint density at radius 1 is 1.53 bits per heavy atom. The molecule has 1 unspecified atom stereocenters. The topological polar surface area (TPSA) is 65.5 Å². The highest BCUT2D eigenvalue weighted by Crippen LogP contribution is 2.12. The zero-order valence-electron chi connectivity index (χ0n) is 11.3. The minimum Gasteiger partial charge on any atom is -0.478 e. The maximum atomic E-state index is 10.9. The van der Waals surface area contributed by atoms with Gasteiger partial charge in [-0.1, -0.05) is 6.92 Å². The molecule has 1 aliphatic heterocycles. The molecule has 1 aliphatic rings. The van der Waals surface area contributed by atoms with Gasteiger partial charge in [0.25, 0.3) is 0 Å². The number of anilines is 1. The fourth-order valence-corrected chi connectivity index (χ4v) is 2.41. The summed E-state index contributed by atoms with van der Waals surface area (Å²) in [5, 5.41) is 12.1. The molecule has 0 aliphatic carbocycles. The van der Waals surface area contributed by atoms with Gasteiger partial charge in [-0.25, -0.2) is 9.78 Å². The highest BCUT2D eigenvalue weighted by molar-refractivity contribution is 5.88. The first kappa shape index (κ1) is 13.8. The van der Waals surface area contributed by atoms with Crippen LogP contribution in [0.5, 0.6) is 0 Å². The Hall–Kier alpha value is -1.62. The van der Waals surface area contributed by atoms with Gasteiger partial charge < -0.3 is 15.3 Å². The zero-order valence-corrected chi connectivity index (χ0v) is 11.3. The number of hydrogen-bond acceptors (Lipinski definition) is 4. The van der Waals surface area contributed by atoms with Gasteiger partial charge in [-0.05, 0) is 44.0 Å². The molecule has 5 heteroatoms. The highest BCUT2D eigenvalue weighted by Gasteiger charge is 2.14. The molecule has 2 N–H and O–H groups in total. The summed E-state index contributed by atoms with van der Waals surface area (Å²) in [5.41, 5.74) is 0.268. The van der Waals surface area contributed by atoms with Crippen molar-refractivity contribution in [2.45, 2.75) is 19.8 Å². The summed E-state index contributed by atoms with van der Waals surface area (Å²) in [5.74, 6) is 0.233. The molecule has 0 amide bonds. The van der Waals surface area contributed by atoms with Crippen molar-refractivity contribution < 1.29 is 9.90 Å². The Kier molecular flexibility index (Phi) is 4.74. The van der Waals surface area contributed by atoms with Gasteiger partial charge in [-0.2, -0.15) is 0 Å². The number of hydrogen-bond donors (Lipinski definition) is 2. The van der Waals surface area contributed by atoms with Crippen molar-refractivity contribution in [3.63, 3.8) is 0 Å². The van der Waals surface area contributed by atoms with E-state index in [0.717, 1.165) is 13.1 Å². The second kappa shape index (κ2) is 6.52. The third kappa shape index (κ3) is 4.21. The highest BCUT2D eigenvalue weighted by atomic mass is 16.4. The second-order valence-electron chi connectivity index (χ2n) is 5.23. The number of carboxylic acids is 1. The van der Waals surface area contributed by atoms with Crippen LogP contribution in [-0.2, 0) is 0 Å².